The minimum atomic E-state index is -1.15. The first-order valence-electron chi connectivity index (χ1n) is 13.3. The predicted molar refractivity (Wildman–Crippen MR) is 164 cm³/mol. The maximum absolute atomic E-state index is 11.4. The minimum Gasteiger partial charge on any atom is -0.493 e. The number of halogens is 1. The third kappa shape index (κ3) is 8.05. The molecule has 3 N–H and O–H groups in total. The van der Waals surface area contributed by atoms with Gasteiger partial charge in [-0.25, -0.2) is 0 Å². The van der Waals surface area contributed by atoms with Gasteiger partial charge in [0.2, 0.25) is 0 Å². The molecule has 0 saturated heterocycles. The van der Waals surface area contributed by atoms with Gasteiger partial charge < -0.3 is 29.2 Å². The van der Waals surface area contributed by atoms with Gasteiger partial charge in [0.1, 0.15) is 30.8 Å². The van der Waals surface area contributed by atoms with Crippen molar-refractivity contribution in [3.8, 4) is 40.2 Å². The van der Waals surface area contributed by atoms with Crippen LogP contribution in [0.25, 0.3) is 11.1 Å². The monoisotopic (exact) mass is 646 g/mol. The Hall–Kier alpha value is -4.56. The van der Waals surface area contributed by atoms with Crippen molar-refractivity contribution in [1.29, 1.82) is 5.26 Å². The fourth-order valence-electron chi connectivity index (χ4n) is 4.34. The normalized spacial score (nSPS) is 11.3. The molecule has 0 amide bonds. The summed E-state index contributed by atoms with van der Waals surface area (Å²) < 4.78 is 24.0. The Labute approximate surface area is 258 Å². The second-order valence-electron chi connectivity index (χ2n) is 9.46. The van der Waals surface area contributed by atoms with Crippen LogP contribution in [0, 0.1) is 11.3 Å². The zero-order valence-electron chi connectivity index (χ0n) is 23.7. The van der Waals surface area contributed by atoms with Crippen molar-refractivity contribution >= 4 is 21.9 Å². The highest BCUT2D eigenvalue weighted by molar-refractivity contribution is 9.10. The van der Waals surface area contributed by atoms with E-state index in [9.17, 15) is 20.3 Å². The lowest BCUT2D eigenvalue weighted by Crippen LogP contribution is -2.39. The molecule has 4 rings (SSSR count). The van der Waals surface area contributed by atoms with E-state index in [1.54, 1.807) is 50.6 Å². The van der Waals surface area contributed by atoms with Crippen molar-refractivity contribution in [2.45, 2.75) is 25.8 Å². The molecule has 1 atom stereocenters. The van der Waals surface area contributed by atoms with Crippen LogP contribution < -0.4 is 24.3 Å². The molecule has 0 fully saturated rings. The lowest BCUT2D eigenvalue weighted by atomic mass is 10.0. The van der Waals surface area contributed by atoms with E-state index in [0.29, 0.717) is 34.1 Å². The number of carboxylic acid groups (broad SMARTS) is 1. The number of aliphatic carboxylic acids is 1. The fourth-order valence-corrected chi connectivity index (χ4v) is 4.95. The van der Waals surface area contributed by atoms with Crippen LogP contribution in [-0.2, 0) is 24.6 Å². The quantitative estimate of drug-likeness (QED) is 0.158. The van der Waals surface area contributed by atoms with Crippen LogP contribution in [0.1, 0.15) is 22.3 Å². The number of aliphatic hydroxyl groups excluding tert-OH is 1. The largest absolute Gasteiger partial charge is 0.493 e. The summed E-state index contributed by atoms with van der Waals surface area (Å²) in [5.74, 6) is 1.14. The van der Waals surface area contributed by atoms with Crippen LogP contribution >= 0.6 is 15.9 Å². The molecule has 0 aliphatic heterocycles. The van der Waals surface area contributed by atoms with Gasteiger partial charge in [-0.1, -0.05) is 42.5 Å². The van der Waals surface area contributed by atoms with Crippen molar-refractivity contribution in [2.24, 2.45) is 0 Å². The molecule has 4 aromatic rings. The van der Waals surface area contributed by atoms with Crippen molar-refractivity contribution < 1.29 is 34.0 Å². The third-order valence-corrected chi connectivity index (χ3v) is 7.61. The van der Waals surface area contributed by atoms with Crippen molar-refractivity contribution in [3.05, 3.63) is 106 Å². The summed E-state index contributed by atoms with van der Waals surface area (Å²) in [5, 5.41) is 30.7. The summed E-state index contributed by atoms with van der Waals surface area (Å²) in [6, 6.07) is 25.1. The first-order chi connectivity index (χ1) is 20.9. The summed E-state index contributed by atoms with van der Waals surface area (Å²) in [7, 11) is 3.19. The van der Waals surface area contributed by atoms with Crippen LogP contribution in [0.15, 0.2) is 83.3 Å². The highest BCUT2D eigenvalue weighted by atomic mass is 79.9. The number of rotatable bonds is 14. The Bertz CT molecular complexity index is 1620. The number of nitrogens with one attached hydrogen (secondary N) is 1. The maximum atomic E-state index is 11.4. The SMILES string of the molecule is COc1ccc(-c2cccc(COc3ccc(CN[C@@H](CO)C(=O)O)c(OCc4cccc(C#N)c4)c3)c2Br)cc1OC. The minimum absolute atomic E-state index is 0.143. The Morgan fingerprint density at radius 2 is 1.70 bits per heavy atom. The lowest BCUT2D eigenvalue weighted by molar-refractivity contribution is -0.140. The smallest absolute Gasteiger partial charge is 0.323 e. The number of methoxy groups -OCH3 is 2. The predicted octanol–water partition coefficient (Wildman–Crippen LogP) is 5.70. The molecule has 0 aliphatic rings. The number of aliphatic hydroxyl groups is 1. The fraction of sp³-hybridized carbons (Fsp3) is 0.212. The van der Waals surface area contributed by atoms with Gasteiger partial charge in [-0.05, 0) is 63.0 Å². The molecule has 10 heteroatoms. The molecule has 0 spiro atoms. The van der Waals surface area contributed by atoms with Crippen LogP contribution in [0.3, 0.4) is 0 Å². The summed E-state index contributed by atoms with van der Waals surface area (Å²) in [5.41, 5.74) is 4.83. The van der Waals surface area contributed by atoms with Crippen LogP contribution in [0.5, 0.6) is 23.0 Å². The number of benzene rings is 4. The molecule has 4 aromatic carbocycles. The van der Waals surface area contributed by atoms with Gasteiger partial charge in [-0.3, -0.25) is 10.1 Å². The second kappa shape index (κ2) is 15.1. The van der Waals surface area contributed by atoms with Crippen molar-refractivity contribution in [2.75, 3.05) is 20.8 Å². The Kier molecular flexibility index (Phi) is 11.0. The van der Waals surface area contributed by atoms with E-state index in [2.05, 4.69) is 27.3 Å². The zero-order valence-corrected chi connectivity index (χ0v) is 25.3. The molecule has 0 aliphatic carbocycles. The number of carbonyl (C=O) groups is 1. The van der Waals surface area contributed by atoms with Gasteiger partial charge in [-0.15, -0.1) is 0 Å². The molecule has 0 unspecified atom stereocenters. The molecular weight excluding hydrogens is 616 g/mol. The van der Waals surface area contributed by atoms with Crippen molar-refractivity contribution in [1.82, 2.24) is 5.32 Å². The van der Waals surface area contributed by atoms with Gasteiger partial charge >= 0.3 is 5.97 Å². The first-order valence-corrected chi connectivity index (χ1v) is 14.1. The average molecular weight is 648 g/mol. The van der Waals surface area contributed by atoms with E-state index in [1.807, 2.05) is 42.5 Å². The molecule has 0 saturated carbocycles. The number of hydrogen-bond donors (Lipinski definition) is 3. The van der Waals surface area contributed by atoms with Gasteiger partial charge in [0, 0.05) is 28.2 Å². The number of carboxylic acids is 1. The summed E-state index contributed by atoms with van der Waals surface area (Å²) >= 11 is 3.74. The van der Waals surface area contributed by atoms with Crippen LogP contribution in [-0.4, -0.2) is 43.1 Å². The Morgan fingerprint density at radius 3 is 2.42 bits per heavy atom. The zero-order chi connectivity index (χ0) is 30.8. The van der Waals surface area contributed by atoms with Gasteiger partial charge in [-0.2, -0.15) is 5.26 Å². The van der Waals surface area contributed by atoms with E-state index >= 15 is 0 Å². The van der Waals surface area contributed by atoms with Gasteiger partial charge in [0.15, 0.2) is 11.5 Å². The highest BCUT2D eigenvalue weighted by Crippen LogP contribution is 2.37. The number of nitriles is 1. The Morgan fingerprint density at radius 1 is 0.907 bits per heavy atom. The molecular formula is C33H31BrN2O7. The maximum Gasteiger partial charge on any atom is 0.323 e. The second-order valence-corrected chi connectivity index (χ2v) is 10.3. The molecule has 0 aromatic heterocycles. The summed E-state index contributed by atoms with van der Waals surface area (Å²) in [6.07, 6.45) is 0. The molecule has 9 nitrogen and oxygen atoms in total. The van der Waals surface area contributed by atoms with E-state index < -0.39 is 18.6 Å². The molecule has 0 heterocycles. The molecule has 0 bridgehead atoms. The number of hydrogen-bond acceptors (Lipinski definition) is 8. The Balaban J connectivity index is 1.55. The number of nitrogens with zero attached hydrogens (tertiary/aromatic N) is 1. The summed E-state index contributed by atoms with van der Waals surface area (Å²) in [4.78, 5) is 11.4. The highest BCUT2D eigenvalue weighted by Gasteiger charge is 2.17. The lowest BCUT2D eigenvalue weighted by Gasteiger charge is -2.17. The van der Waals surface area contributed by atoms with Gasteiger partial charge in [0.05, 0.1) is 32.5 Å². The summed E-state index contributed by atoms with van der Waals surface area (Å²) in [6.45, 7) is 0.0387. The van der Waals surface area contributed by atoms with Gasteiger partial charge in [0.25, 0.3) is 0 Å². The molecule has 43 heavy (non-hydrogen) atoms. The first kappa shape index (κ1) is 31.4. The number of ether oxygens (including phenoxy) is 4. The van der Waals surface area contributed by atoms with Crippen LogP contribution in [0.4, 0.5) is 0 Å². The van der Waals surface area contributed by atoms with E-state index in [-0.39, 0.29) is 19.8 Å². The average Bonchev–Trinajstić information content (AvgIpc) is 3.03. The molecule has 222 valence electrons. The van der Waals surface area contributed by atoms with E-state index in [1.165, 1.54) is 0 Å². The van der Waals surface area contributed by atoms with Crippen LogP contribution in [0.2, 0.25) is 0 Å². The third-order valence-electron chi connectivity index (χ3n) is 6.68. The standard InChI is InChI=1S/C33H31BrN2O7/c1-40-29-12-10-23(14-31(29)41-2)27-8-4-7-25(32(27)34)20-42-26-11-9-24(17-36-28(18-37)33(38)39)30(15-26)43-19-22-6-3-5-21(13-22)16-35/h3-15,28,36-37H,17-20H2,1-2H3,(H,38,39)/t28-/m0/s1. The topological polar surface area (TPSA) is 130 Å². The van der Waals surface area contributed by atoms with E-state index in [4.69, 9.17) is 18.9 Å². The molecule has 0 radical (unpaired) electrons. The van der Waals surface area contributed by atoms with Crippen molar-refractivity contribution in [3.63, 3.8) is 0 Å². The van der Waals surface area contributed by atoms with E-state index in [0.717, 1.165) is 26.7 Å².